The summed E-state index contributed by atoms with van der Waals surface area (Å²) in [5.41, 5.74) is 1.69. The first kappa shape index (κ1) is 19.8. The maximum atomic E-state index is 12.2. The molecule has 28 heavy (non-hydrogen) atoms. The zero-order chi connectivity index (χ0) is 19.8. The summed E-state index contributed by atoms with van der Waals surface area (Å²) in [6.07, 6.45) is 2.53. The van der Waals surface area contributed by atoms with Crippen molar-refractivity contribution in [3.8, 4) is 0 Å². The Labute approximate surface area is 172 Å². The molecule has 1 heterocycles. The number of rotatable bonds is 8. The molecule has 0 fully saturated rings. The molecule has 2 N–H and O–H groups in total. The maximum absolute atomic E-state index is 12.2. The molecule has 0 saturated heterocycles. The van der Waals surface area contributed by atoms with Gasteiger partial charge in [0.25, 0.3) is 5.91 Å². The van der Waals surface area contributed by atoms with Gasteiger partial charge in [-0.3, -0.25) is 9.59 Å². The van der Waals surface area contributed by atoms with Gasteiger partial charge in [-0.1, -0.05) is 52.3 Å². The third-order valence-electron chi connectivity index (χ3n) is 4.16. The van der Waals surface area contributed by atoms with Crippen LogP contribution in [0.1, 0.15) is 28.8 Å². The van der Waals surface area contributed by atoms with Crippen LogP contribution in [0.4, 0.5) is 5.82 Å². The number of hydrogen-bond donors (Lipinski definition) is 2. The second-order valence-corrected chi connectivity index (χ2v) is 7.09. The molecule has 0 aliphatic rings. The first-order valence-corrected chi connectivity index (χ1v) is 9.81. The summed E-state index contributed by atoms with van der Waals surface area (Å²) in [5.74, 6) is 0.407. The lowest BCUT2D eigenvalue weighted by atomic mass is 10.2. The second kappa shape index (κ2) is 9.85. The molecule has 0 atom stereocenters. The Balaban J connectivity index is 1.45. The van der Waals surface area contributed by atoms with Gasteiger partial charge in [0.2, 0.25) is 5.91 Å². The summed E-state index contributed by atoms with van der Waals surface area (Å²) in [4.78, 5) is 24.2. The van der Waals surface area contributed by atoms with Gasteiger partial charge in [0.15, 0.2) is 0 Å². The van der Waals surface area contributed by atoms with Gasteiger partial charge in [-0.15, -0.1) is 0 Å². The Morgan fingerprint density at radius 3 is 2.54 bits per heavy atom. The molecule has 0 spiro atoms. The van der Waals surface area contributed by atoms with E-state index in [1.807, 2.05) is 42.5 Å². The molecule has 7 heteroatoms. The zero-order valence-electron chi connectivity index (χ0n) is 15.3. The smallest absolute Gasteiger partial charge is 0.251 e. The van der Waals surface area contributed by atoms with Crippen molar-refractivity contribution >= 4 is 33.6 Å². The number of carbonyl (C=O) groups is 2. The summed E-state index contributed by atoms with van der Waals surface area (Å²) in [6.45, 7) is 0.995. The van der Waals surface area contributed by atoms with Crippen molar-refractivity contribution < 1.29 is 9.59 Å². The lowest BCUT2D eigenvalue weighted by molar-refractivity contribution is -0.116. The molecule has 0 unspecified atom stereocenters. The number of anilines is 1. The summed E-state index contributed by atoms with van der Waals surface area (Å²) < 4.78 is 2.74. The van der Waals surface area contributed by atoms with Crippen molar-refractivity contribution in [2.24, 2.45) is 0 Å². The highest BCUT2D eigenvalue weighted by molar-refractivity contribution is 9.10. The Morgan fingerprint density at radius 2 is 1.75 bits per heavy atom. The lowest BCUT2D eigenvalue weighted by Crippen LogP contribution is -2.25. The molecule has 0 aliphatic carbocycles. The van der Waals surface area contributed by atoms with Crippen molar-refractivity contribution in [2.75, 3.05) is 11.9 Å². The van der Waals surface area contributed by atoms with Crippen LogP contribution in [-0.4, -0.2) is 28.1 Å². The number of carbonyl (C=O) groups excluding carboxylic acids is 2. The third-order valence-corrected chi connectivity index (χ3v) is 4.94. The first-order valence-electron chi connectivity index (χ1n) is 9.02. The molecule has 0 radical (unpaired) electrons. The van der Waals surface area contributed by atoms with Gasteiger partial charge in [0.05, 0.1) is 12.7 Å². The van der Waals surface area contributed by atoms with Crippen LogP contribution in [0.2, 0.25) is 0 Å². The summed E-state index contributed by atoms with van der Waals surface area (Å²) >= 11 is 3.53. The fourth-order valence-electron chi connectivity index (χ4n) is 2.70. The van der Waals surface area contributed by atoms with Crippen molar-refractivity contribution in [1.82, 2.24) is 15.1 Å². The molecule has 2 aromatic carbocycles. The highest BCUT2D eigenvalue weighted by Crippen LogP contribution is 2.18. The van der Waals surface area contributed by atoms with E-state index in [9.17, 15) is 9.59 Å². The Kier molecular flexibility index (Phi) is 6.97. The van der Waals surface area contributed by atoms with Gasteiger partial charge in [-0.25, -0.2) is 4.68 Å². The second-order valence-electron chi connectivity index (χ2n) is 6.24. The minimum atomic E-state index is -0.132. The molecule has 0 saturated carbocycles. The predicted octanol–water partition coefficient (Wildman–Crippen LogP) is 3.84. The fraction of sp³-hybridized carbons (Fsp3) is 0.190. The van der Waals surface area contributed by atoms with E-state index in [2.05, 4.69) is 31.7 Å². The van der Waals surface area contributed by atoms with Gasteiger partial charge in [0, 0.05) is 29.1 Å². The topological polar surface area (TPSA) is 76.0 Å². The average molecular weight is 441 g/mol. The van der Waals surface area contributed by atoms with Crippen molar-refractivity contribution in [3.63, 3.8) is 0 Å². The van der Waals surface area contributed by atoms with Gasteiger partial charge in [0.1, 0.15) is 5.82 Å². The molecular formula is C21H21BrN4O2. The predicted molar refractivity (Wildman–Crippen MR) is 112 cm³/mol. The Hall–Kier alpha value is -2.93. The quantitative estimate of drug-likeness (QED) is 0.522. The van der Waals surface area contributed by atoms with Crippen LogP contribution in [0.3, 0.4) is 0 Å². The third kappa shape index (κ3) is 5.53. The SMILES string of the molecule is O=C(CCCNC(=O)c1ccccc1)Nc1ccnn1Cc1ccccc1Br. The molecule has 6 nitrogen and oxygen atoms in total. The molecule has 0 aliphatic heterocycles. The van der Waals surface area contributed by atoms with Gasteiger partial charge in [-0.2, -0.15) is 5.10 Å². The van der Waals surface area contributed by atoms with E-state index in [4.69, 9.17) is 0 Å². The van der Waals surface area contributed by atoms with Crippen LogP contribution >= 0.6 is 15.9 Å². The summed E-state index contributed by atoms with van der Waals surface area (Å²) in [5, 5.41) is 9.99. The van der Waals surface area contributed by atoms with E-state index in [1.165, 1.54) is 0 Å². The lowest BCUT2D eigenvalue weighted by Gasteiger charge is -2.10. The highest BCUT2D eigenvalue weighted by Gasteiger charge is 2.10. The largest absolute Gasteiger partial charge is 0.352 e. The molecule has 1 aromatic heterocycles. The van der Waals surface area contributed by atoms with E-state index in [0.29, 0.717) is 37.3 Å². The molecule has 3 rings (SSSR count). The average Bonchev–Trinajstić information content (AvgIpc) is 3.14. The van der Waals surface area contributed by atoms with Gasteiger partial charge in [-0.05, 0) is 30.2 Å². The van der Waals surface area contributed by atoms with Gasteiger partial charge < -0.3 is 10.6 Å². The molecule has 2 amide bonds. The maximum Gasteiger partial charge on any atom is 0.251 e. The molecule has 3 aromatic rings. The van der Waals surface area contributed by atoms with Crippen LogP contribution in [0, 0.1) is 0 Å². The van der Waals surface area contributed by atoms with Crippen molar-refractivity contribution in [1.29, 1.82) is 0 Å². The number of halogens is 1. The first-order chi connectivity index (χ1) is 13.6. The monoisotopic (exact) mass is 440 g/mol. The van der Waals surface area contributed by atoms with E-state index in [1.54, 1.807) is 29.1 Å². The minimum absolute atomic E-state index is 0.108. The van der Waals surface area contributed by atoms with Gasteiger partial charge >= 0.3 is 0 Å². The number of nitrogens with one attached hydrogen (secondary N) is 2. The van der Waals surface area contributed by atoms with Crippen LogP contribution in [0.15, 0.2) is 71.3 Å². The molecular weight excluding hydrogens is 420 g/mol. The Morgan fingerprint density at radius 1 is 1.00 bits per heavy atom. The van der Waals surface area contributed by atoms with Crippen LogP contribution in [0.25, 0.3) is 0 Å². The normalized spacial score (nSPS) is 10.5. The zero-order valence-corrected chi connectivity index (χ0v) is 16.9. The number of benzene rings is 2. The molecule has 0 bridgehead atoms. The molecule has 144 valence electrons. The van der Waals surface area contributed by atoms with E-state index in [0.717, 1.165) is 10.0 Å². The summed E-state index contributed by atoms with van der Waals surface area (Å²) in [6, 6.07) is 18.7. The minimum Gasteiger partial charge on any atom is -0.352 e. The number of nitrogens with zero attached hydrogens (tertiary/aromatic N) is 2. The van der Waals surface area contributed by atoms with Crippen LogP contribution in [0.5, 0.6) is 0 Å². The summed E-state index contributed by atoms with van der Waals surface area (Å²) in [7, 11) is 0. The van der Waals surface area contributed by atoms with Crippen molar-refractivity contribution in [2.45, 2.75) is 19.4 Å². The van der Waals surface area contributed by atoms with Crippen molar-refractivity contribution in [3.05, 3.63) is 82.5 Å². The standard InChI is InChI=1S/C21H21BrN4O2/c22-18-10-5-4-9-17(18)15-26-19(12-14-24-26)25-20(27)11-6-13-23-21(28)16-7-2-1-3-8-16/h1-5,7-10,12,14H,6,11,13,15H2,(H,23,28)(H,25,27). The van der Waals surface area contributed by atoms with Crippen LogP contribution in [-0.2, 0) is 11.3 Å². The number of amides is 2. The fourth-order valence-corrected chi connectivity index (χ4v) is 3.11. The van der Waals surface area contributed by atoms with E-state index < -0.39 is 0 Å². The van der Waals surface area contributed by atoms with E-state index in [-0.39, 0.29) is 11.8 Å². The highest BCUT2D eigenvalue weighted by atomic mass is 79.9. The van der Waals surface area contributed by atoms with E-state index >= 15 is 0 Å². The Bertz CT molecular complexity index is 940. The van der Waals surface area contributed by atoms with Crippen LogP contribution < -0.4 is 10.6 Å². The number of hydrogen-bond acceptors (Lipinski definition) is 3. The number of aromatic nitrogens is 2.